The zero-order valence-corrected chi connectivity index (χ0v) is 33.3. The van der Waals surface area contributed by atoms with Crippen LogP contribution >= 0.6 is 0 Å². The second-order valence-electron chi connectivity index (χ2n) is 14.1. The number of benzene rings is 4. The predicted molar refractivity (Wildman–Crippen MR) is 210 cm³/mol. The van der Waals surface area contributed by atoms with E-state index in [1.54, 1.807) is 0 Å². The second-order valence-corrected chi connectivity index (χ2v) is 14.1. The Morgan fingerprint density at radius 3 is 1.59 bits per heavy atom. The molecule has 312 valence electrons. The van der Waals surface area contributed by atoms with Crippen LogP contribution in [0.5, 0.6) is 0 Å². The lowest BCUT2D eigenvalue weighted by atomic mass is 9.86. The van der Waals surface area contributed by atoms with E-state index >= 15 is 0 Å². The monoisotopic (exact) mass is 802 g/mol. The van der Waals surface area contributed by atoms with Crippen LogP contribution in [0.3, 0.4) is 0 Å². The van der Waals surface area contributed by atoms with Gasteiger partial charge in [0.05, 0.1) is 33.0 Å². The molecule has 13 heteroatoms. The zero-order valence-electron chi connectivity index (χ0n) is 33.3. The summed E-state index contributed by atoms with van der Waals surface area (Å²) in [5, 5.41) is 11.9. The average Bonchev–Trinajstić information content (AvgIpc) is 3.27. The number of carbonyl (C=O) groups is 1. The van der Waals surface area contributed by atoms with Gasteiger partial charge in [-0.1, -0.05) is 121 Å². The van der Waals surface area contributed by atoms with Crippen molar-refractivity contribution in [2.45, 2.75) is 87.3 Å². The van der Waals surface area contributed by atoms with Gasteiger partial charge in [0.1, 0.15) is 49.3 Å². The van der Waals surface area contributed by atoms with Gasteiger partial charge in [0, 0.05) is 28.4 Å². The molecule has 1 N–H and O–H groups in total. The molecular weight excluding hydrogens is 748 g/mol. The van der Waals surface area contributed by atoms with E-state index < -0.39 is 73.5 Å². The van der Waals surface area contributed by atoms with Crippen molar-refractivity contribution < 1.29 is 62.0 Å². The Morgan fingerprint density at radius 2 is 1.09 bits per heavy atom. The molecule has 2 aliphatic heterocycles. The molecule has 0 aliphatic carbocycles. The van der Waals surface area contributed by atoms with Crippen LogP contribution < -0.4 is 0 Å². The minimum absolute atomic E-state index is 0.0407. The smallest absolute Gasteiger partial charge is 0.344 e. The molecule has 58 heavy (non-hydrogen) atoms. The highest BCUT2D eigenvalue weighted by Crippen LogP contribution is 2.39. The summed E-state index contributed by atoms with van der Waals surface area (Å²) in [6.45, 7) is 0.248. The van der Waals surface area contributed by atoms with Crippen LogP contribution in [-0.2, 0) is 83.3 Å². The normalized spacial score (nSPS) is 28.5. The Hall–Kier alpha value is -4.09. The maximum atomic E-state index is 14.2. The molecular formula is C45H54O13. The lowest BCUT2D eigenvalue weighted by Gasteiger charge is -2.51. The molecule has 0 unspecified atom stereocenters. The molecule has 2 heterocycles. The summed E-state index contributed by atoms with van der Waals surface area (Å²) in [7, 11) is 5.77. The van der Waals surface area contributed by atoms with Crippen LogP contribution in [-0.4, -0.2) is 114 Å². The maximum Gasteiger partial charge on any atom is 0.344 e. The summed E-state index contributed by atoms with van der Waals surface area (Å²) in [6.07, 6.45) is -9.61. The number of methoxy groups -OCH3 is 4. The molecule has 4 aromatic carbocycles. The number of esters is 1. The van der Waals surface area contributed by atoms with Crippen LogP contribution in [0.1, 0.15) is 22.3 Å². The van der Waals surface area contributed by atoms with Crippen LogP contribution in [0.2, 0.25) is 0 Å². The van der Waals surface area contributed by atoms with Crippen LogP contribution in [0, 0.1) is 0 Å². The van der Waals surface area contributed by atoms with Gasteiger partial charge >= 0.3 is 5.97 Å². The number of aliphatic hydroxyl groups excluding tert-OH is 1. The maximum absolute atomic E-state index is 14.2. The first-order chi connectivity index (χ1) is 28.4. The molecule has 6 rings (SSSR count). The Morgan fingerprint density at radius 1 is 0.586 bits per heavy atom. The van der Waals surface area contributed by atoms with Gasteiger partial charge in [0.25, 0.3) is 0 Å². The van der Waals surface area contributed by atoms with Crippen molar-refractivity contribution in [1.82, 2.24) is 0 Å². The van der Waals surface area contributed by atoms with Gasteiger partial charge < -0.3 is 57.2 Å². The second kappa shape index (κ2) is 21.8. The van der Waals surface area contributed by atoms with Crippen molar-refractivity contribution in [2.24, 2.45) is 0 Å². The number of rotatable bonds is 20. The first kappa shape index (κ1) is 43.5. The number of hydrogen-bond acceptors (Lipinski definition) is 13. The first-order valence-corrected chi connectivity index (χ1v) is 19.3. The predicted octanol–water partition coefficient (Wildman–Crippen LogP) is 5.01. The van der Waals surface area contributed by atoms with E-state index in [9.17, 15) is 9.90 Å². The fraction of sp³-hybridized carbons (Fsp3) is 0.444. The Bertz CT molecular complexity index is 1770. The summed E-state index contributed by atoms with van der Waals surface area (Å²) >= 11 is 0. The summed E-state index contributed by atoms with van der Waals surface area (Å²) in [6, 6.07) is 38.3. The number of ether oxygens (including phenoxy) is 11. The van der Waals surface area contributed by atoms with E-state index in [1.165, 1.54) is 28.4 Å². The van der Waals surface area contributed by atoms with E-state index in [0.29, 0.717) is 0 Å². The van der Waals surface area contributed by atoms with Gasteiger partial charge in [-0.15, -0.1) is 0 Å². The van der Waals surface area contributed by atoms with E-state index in [-0.39, 0.29) is 33.0 Å². The van der Waals surface area contributed by atoms with Crippen molar-refractivity contribution in [1.29, 1.82) is 0 Å². The van der Waals surface area contributed by atoms with Crippen molar-refractivity contribution in [2.75, 3.05) is 41.7 Å². The molecule has 0 saturated carbocycles. The molecule has 2 fully saturated rings. The fourth-order valence-corrected chi connectivity index (χ4v) is 7.25. The van der Waals surface area contributed by atoms with Gasteiger partial charge in [-0.2, -0.15) is 0 Å². The highest BCUT2D eigenvalue weighted by molar-refractivity contribution is 5.81. The first-order valence-electron chi connectivity index (χ1n) is 19.3. The molecule has 13 nitrogen and oxygen atoms in total. The molecule has 10 atom stereocenters. The number of hydrogen-bond donors (Lipinski definition) is 1. The Kier molecular flexibility index (Phi) is 16.3. The summed E-state index contributed by atoms with van der Waals surface area (Å²) < 4.78 is 68.7. The number of aliphatic hydroxyl groups is 1. The largest absolute Gasteiger partial charge is 0.459 e. The third-order valence-electron chi connectivity index (χ3n) is 10.2. The Labute approximate surface area is 339 Å². The Balaban J connectivity index is 1.36. The topological polar surface area (TPSA) is 139 Å². The molecule has 2 saturated heterocycles. The third kappa shape index (κ3) is 10.7. The number of carbonyl (C=O) groups excluding carboxylic acids is 1. The molecule has 0 aromatic heterocycles. The lowest BCUT2D eigenvalue weighted by molar-refractivity contribution is -0.382. The molecule has 4 aromatic rings. The lowest BCUT2D eigenvalue weighted by Crippen LogP contribution is -2.72. The van der Waals surface area contributed by atoms with Gasteiger partial charge in [0.15, 0.2) is 12.6 Å². The van der Waals surface area contributed by atoms with Crippen molar-refractivity contribution in [3.8, 4) is 0 Å². The average molecular weight is 803 g/mol. The van der Waals surface area contributed by atoms with Crippen LogP contribution in [0.25, 0.3) is 0 Å². The SMILES string of the molecule is COC[C@@]1(C(=O)OCc2ccccc2)O[C@@H](O[C@H]2[C@H](OCc3ccccc3)[C@@H](OCc3ccccc3)[C@@H](OC)O[C@@H]2COCc2ccccc2)[C@H](OC)[C@@H](OC)[C@@H]1O. The highest BCUT2D eigenvalue weighted by atomic mass is 16.8. The molecule has 0 spiro atoms. The molecule has 0 radical (unpaired) electrons. The third-order valence-corrected chi connectivity index (χ3v) is 10.2. The van der Waals surface area contributed by atoms with Gasteiger partial charge in [-0.05, 0) is 22.3 Å². The van der Waals surface area contributed by atoms with Gasteiger partial charge in [0.2, 0.25) is 5.60 Å². The van der Waals surface area contributed by atoms with Crippen LogP contribution in [0.15, 0.2) is 121 Å². The van der Waals surface area contributed by atoms with E-state index in [2.05, 4.69) is 0 Å². The van der Waals surface area contributed by atoms with Crippen LogP contribution in [0.4, 0.5) is 0 Å². The van der Waals surface area contributed by atoms with E-state index in [0.717, 1.165) is 22.3 Å². The van der Waals surface area contributed by atoms with Gasteiger partial charge in [-0.25, -0.2) is 4.79 Å². The zero-order chi connectivity index (χ0) is 40.7. The van der Waals surface area contributed by atoms with Crippen molar-refractivity contribution in [3.05, 3.63) is 144 Å². The van der Waals surface area contributed by atoms with E-state index in [4.69, 9.17) is 52.1 Å². The standard InChI is InChI=1S/C45H54O13/c1-48-30-45(44(47)55-28-34-23-15-8-16-24-34)41(46)38(49-2)39(50-3)43(58-45)57-36-35(29-52-25-31-17-9-5-10-18-31)56-42(51-4)40(54-27-33-21-13-7-14-22-33)37(36)53-26-32-19-11-6-12-20-32/h5-24,35-43,46H,25-30H2,1-4H3/t35-,36-,37+,38-,39-,40-,41+,42+,43-,45-/m1/s1. The van der Waals surface area contributed by atoms with Gasteiger partial charge in [-0.3, -0.25) is 0 Å². The highest BCUT2D eigenvalue weighted by Gasteiger charge is 2.62. The summed E-state index contributed by atoms with van der Waals surface area (Å²) in [4.78, 5) is 14.2. The molecule has 0 amide bonds. The molecule has 2 aliphatic rings. The summed E-state index contributed by atoms with van der Waals surface area (Å²) in [5.41, 5.74) is 1.44. The quantitative estimate of drug-likeness (QED) is 0.120. The summed E-state index contributed by atoms with van der Waals surface area (Å²) in [5.74, 6) is -0.876. The molecule has 0 bridgehead atoms. The minimum Gasteiger partial charge on any atom is -0.459 e. The fourth-order valence-electron chi connectivity index (χ4n) is 7.25. The van der Waals surface area contributed by atoms with Crippen molar-refractivity contribution in [3.63, 3.8) is 0 Å². The minimum atomic E-state index is -2.10. The van der Waals surface area contributed by atoms with E-state index in [1.807, 2.05) is 121 Å². The van der Waals surface area contributed by atoms with Crippen molar-refractivity contribution >= 4 is 5.97 Å².